The molecule has 3 nitrogen and oxygen atoms in total. The van der Waals surface area contributed by atoms with Crippen LogP contribution >= 0.6 is 15.9 Å². The van der Waals surface area contributed by atoms with Crippen molar-refractivity contribution >= 4 is 26.0 Å². The lowest BCUT2D eigenvalue weighted by Crippen LogP contribution is -2.27. The SMILES string of the molecule is CS(=O)(=O)N1CC[C@@H](CBr)C1. The highest BCUT2D eigenvalue weighted by atomic mass is 79.9. The maximum atomic E-state index is 11.0. The van der Waals surface area contributed by atoms with E-state index in [1.807, 2.05) is 0 Å². The van der Waals surface area contributed by atoms with Gasteiger partial charge in [-0.1, -0.05) is 15.9 Å². The molecule has 0 spiro atoms. The number of nitrogens with zero attached hydrogens (tertiary/aromatic N) is 1. The van der Waals surface area contributed by atoms with Gasteiger partial charge in [0.2, 0.25) is 10.0 Å². The fourth-order valence-corrected chi connectivity index (χ4v) is 2.67. The van der Waals surface area contributed by atoms with Gasteiger partial charge in [-0.05, 0) is 12.3 Å². The van der Waals surface area contributed by atoms with Gasteiger partial charge in [-0.2, -0.15) is 0 Å². The van der Waals surface area contributed by atoms with Crippen LogP contribution in [0.2, 0.25) is 0 Å². The van der Waals surface area contributed by atoms with Gasteiger partial charge in [-0.15, -0.1) is 0 Å². The van der Waals surface area contributed by atoms with Crippen molar-refractivity contribution in [1.29, 1.82) is 0 Å². The second kappa shape index (κ2) is 3.41. The second-order valence-corrected chi connectivity index (χ2v) is 5.56. The van der Waals surface area contributed by atoms with Gasteiger partial charge in [0, 0.05) is 18.4 Å². The summed E-state index contributed by atoms with van der Waals surface area (Å²) in [5, 5.41) is 0.902. The zero-order valence-electron chi connectivity index (χ0n) is 6.46. The topological polar surface area (TPSA) is 37.4 Å². The maximum absolute atomic E-state index is 11.0. The minimum Gasteiger partial charge on any atom is -0.213 e. The van der Waals surface area contributed by atoms with E-state index in [1.54, 1.807) is 4.31 Å². The van der Waals surface area contributed by atoms with Gasteiger partial charge < -0.3 is 0 Å². The molecule has 66 valence electrons. The Morgan fingerprint density at radius 1 is 1.64 bits per heavy atom. The average molecular weight is 242 g/mol. The van der Waals surface area contributed by atoms with Crippen LogP contribution in [0, 0.1) is 5.92 Å². The van der Waals surface area contributed by atoms with Gasteiger partial charge in [-0.25, -0.2) is 12.7 Å². The molecule has 0 aliphatic carbocycles. The van der Waals surface area contributed by atoms with Crippen molar-refractivity contribution in [2.24, 2.45) is 5.92 Å². The van der Waals surface area contributed by atoms with Crippen molar-refractivity contribution in [3.8, 4) is 0 Å². The molecule has 0 aromatic carbocycles. The molecule has 11 heavy (non-hydrogen) atoms. The fourth-order valence-electron chi connectivity index (χ4n) is 1.22. The van der Waals surface area contributed by atoms with E-state index in [1.165, 1.54) is 6.26 Å². The standard InChI is InChI=1S/C6H12BrNO2S/c1-11(9,10)8-3-2-6(4-7)5-8/h6H,2-5H2,1H3/t6-/m0/s1. The molecule has 0 N–H and O–H groups in total. The van der Waals surface area contributed by atoms with Crippen LogP contribution in [0.25, 0.3) is 0 Å². The molecule has 0 unspecified atom stereocenters. The van der Waals surface area contributed by atoms with Crippen LogP contribution in [0.3, 0.4) is 0 Å². The molecule has 1 saturated heterocycles. The normalized spacial score (nSPS) is 27.6. The van der Waals surface area contributed by atoms with E-state index in [0.717, 1.165) is 11.8 Å². The molecule has 0 radical (unpaired) electrons. The maximum Gasteiger partial charge on any atom is 0.211 e. The van der Waals surface area contributed by atoms with E-state index >= 15 is 0 Å². The third-order valence-electron chi connectivity index (χ3n) is 1.94. The first-order chi connectivity index (χ1) is 5.04. The Labute approximate surface area is 75.9 Å². The molecule has 1 aliphatic heterocycles. The predicted molar refractivity (Wildman–Crippen MR) is 48.3 cm³/mol. The van der Waals surface area contributed by atoms with Gasteiger partial charge in [0.15, 0.2) is 0 Å². The molecule has 1 fully saturated rings. The van der Waals surface area contributed by atoms with Crippen molar-refractivity contribution in [2.75, 3.05) is 24.7 Å². The minimum atomic E-state index is -2.93. The summed E-state index contributed by atoms with van der Waals surface area (Å²) in [7, 11) is -2.93. The number of halogens is 1. The molecule has 0 bridgehead atoms. The lowest BCUT2D eigenvalue weighted by molar-refractivity contribution is 0.471. The van der Waals surface area contributed by atoms with E-state index in [0.29, 0.717) is 19.0 Å². The van der Waals surface area contributed by atoms with Gasteiger partial charge >= 0.3 is 0 Å². The second-order valence-electron chi connectivity index (χ2n) is 2.93. The Balaban J connectivity index is 2.55. The van der Waals surface area contributed by atoms with Gasteiger partial charge in [0.1, 0.15) is 0 Å². The molecule has 0 amide bonds. The number of sulfonamides is 1. The van der Waals surface area contributed by atoms with Gasteiger partial charge in [0.05, 0.1) is 6.26 Å². The van der Waals surface area contributed by atoms with E-state index in [-0.39, 0.29) is 0 Å². The molecule has 0 saturated carbocycles. The Morgan fingerprint density at radius 2 is 2.27 bits per heavy atom. The monoisotopic (exact) mass is 241 g/mol. The van der Waals surface area contributed by atoms with Crippen LogP contribution in [0.4, 0.5) is 0 Å². The Morgan fingerprint density at radius 3 is 2.55 bits per heavy atom. The predicted octanol–water partition coefficient (Wildman–Crippen LogP) is 0.663. The lowest BCUT2D eigenvalue weighted by atomic mass is 10.2. The Kier molecular flexibility index (Phi) is 2.94. The van der Waals surface area contributed by atoms with Crippen LogP contribution in [-0.2, 0) is 10.0 Å². The minimum absolute atomic E-state index is 0.504. The van der Waals surface area contributed by atoms with Crippen molar-refractivity contribution in [3.63, 3.8) is 0 Å². The van der Waals surface area contributed by atoms with E-state index in [2.05, 4.69) is 15.9 Å². The van der Waals surface area contributed by atoms with Gasteiger partial charge in [0.25, 0.3) is 0 Å². The molecular weight excluding hydrogens is 230 g/mol. The number of hydrogen-bond donors (Lipinski definition) is 0. The Bertz CT molecular complexity index is 227. The molecule has 1 aliphatic rings. The fraction of sp³-hybridized carbons (Fsp3) is 1.00. The average Bonchev–Trinajstić information content (AvgIpc) is 2.32. The lowest BCUT2D eigenvalue weighted by Gasteiger charge is -2.11. The smallest absolute Gasteiger partial charge is 0.211 e. The highest BCUT2D eigenvalue weighted by molar-refractivity contribution is 9.09. The molecule has 5 heteroatoms. The molecular formula is C6H12BrNO2S. The first-order valence-corrected chi connectivity index (χ1v) is 6.52. The van der Waals surface area contributed by atoms with E-state index < -0.39 is 10.0 Å². The summed E-state index contributed by atoms with van der Waals surface area (Å²) >= 11 is 3.35. The Hall–Kier alpha value is 0.390. The quantitative estimate of drug-likeness (QED) is 0.667. The number of alkyl halides is 1. The molecule has 0 aromatic rings. The zero-order valence-corrected chi connectivity index (χ0v) is 8.86. The summed E-state index contributed by atoms with van der Waals surface area (Å²) in [5.41, 5.74) is 0. The third-order valence-corrected chi connectivity index (χ3v) is 4.12. The van der Waals surface area contributed by atoms with Crippen molar-refractivity contribution < 1.29 is 8.42 Å². The number of hydrogen-bond acceptors (Lipinski definition) is 2. The summed E-state index contributed by atoms with van der Waals surface area (Å²) in [4.78, 5) is 0. The van der Waals surface area contributed by atoms with Crippen molar-refractivity contribution in [1.82, 2.24) is 4.31 Å². The van der Waals surface area contributed by atoms with Gasteiger partial charge in [-0.3, -0.25) is 0 Å². The summed E-state index contributed by atoms with van der Waals surface area (Å²) in [5.74, 6) is 0.504. The summed E-state index contributed by atoms with van der Waals surface area (Å²) in [6, 6.07) is 0. The first kappa shape index (κ1) is 9.48. The zero-order chi connectivity index (χ0) is 8.48. The summed E-state index contributed by atoms with van der Waals surface area (Å²) in [6.07, 6.45) is 2.25. The molecule has 1 heterocycles. The van der Waals surface area contributed by atoms with Crippen LogP contribution in [0.5, 0.6) is 0 Å². The molecule has 0 aromatic heterocycles. The van der Waals surface area contributed by atoms with Crippen LogP contribution in [0.1, 0.15) is 6.42 Å². The highest BCUT2D eigenvalue weighted by Crippen LogP contribution is 2.19. The number of rotatable bonds is 2. The first-order valence-electron chi connectivity index (χ1n) is 3.55. The van der Waals surface area contributed by atoms with Crippen LogP contribution in [-0.4, -0.2) is 37.4 Å². The van der Waals surface area contributed by atoms with E-state index in [9.17, 15) is 8.42 Å². The third kappa shape index (κ3) is 2.42. The van der Waals surface area contributed by atoms with Crippen molar-refractivity contribution in [3.05, 3.63) is 0 Å². The molecule has 1 atom stereocenters. The summed E-state index contributed by atoms with van der Waals surface area (Å²) in [6.45, 7) is 1.37. The largest absolute Gasteiger partial charge is 0.213 e. The molecule has 1 rings (SSSR count). The highest BCUT2D eigenvalue weighted by Gasteiger charge is 2.27. The van der Waals surface area contributed by atoms with Crippen LogP contribution < -0.4 is 0 Å². The van der Waals surface area contributed by atoms with E-state index in [4.69, 9.17) is 0 Å². The van der Waals surface area contributed by atoms with Crippen LogP contribution in [0.15, 0.2) is 0 Å². The van der Waals surface area contributed by atoms with Crippen molar-refractivity contribution in [2.45, 2.75) is 6.42 Å². The summed E-state index contributed by atoms with van der Waals surface area (Å²) < 4.78 is 23.6.